The highest BCUT2D eigenvalue weighted by molar-refractivity contribution is 6.02. The molecule has 2 rings (SSSR count). The minimum atomic E-state index is -1.11. The fourth-order valence-corrected chi connectivity index (χ4v) is 2.65. The van der Waals surface area contributed by atoms with Crippen molar-refractivity contribution in [1.82, 2.24) is 10.6 Å². The molecule has 1 saturated heterocycles. The third-order valence-corrected chi connectivity index (χ3v) is 4.07. The third kappa shape index (κ3) is 6.97. The Bertz CT molecular complexity index is 642. The van der Waals surface area contributed by atoms with E-state index in [9.17, 15) is 19.5 Å². The molecule has 0 spiro atoms. The standard InChI is InChI=1S/C18H24N2O7/c21-9-15(20-16(22)10-26-14-5-7-19-8-6-14)18(25)12-1-3-13(4-2-12)27-11-17(23)24/h1-4,14-15,19,21H,5-11H2,(H,20,22)(H,23,24). The number of aliphatic carboxylic acids is 1. The number of Topliss-reactive ketones (excluding diaryl/α,β-unsaturated/α-hetero) is 1. The zero-order chi connectivity index (χ0) is 19.6. The van der Waals surface area contributed by atoms with Crippen LogP contribution in [0.2, 0.25) is 0 Å². The average molecular weight is 380 g/mol. The van der Waals surface area contributed by atoms with Crippen molar-refractivity contribution in [3.05, 3.63) is 29.8 Å². The lowest BCUT2D eigenvalue weighted by molar-refractivity contribution is -0.139. The predicted octanol–water partition coefficient (Wildman–Crippen LogP) is -0.422. The Morgan fingerprint density at radius 3 is 2.41 bits per heavy atom. The molecule has 1 amide bonds. The summed E-state index contributed by atoms with van der Waals surface area (Å²) in [5.41, 5.74) is 0.260. The zero-order valence-electron chi connectivity index (χ0n) is 14.8. The van der Waals surface area contributed by atoms with Gasteiger partial charge in [0.05, 0.1) is 12.7 Å². The van der Waals surface area contributed by atoms with E-state index >= 15 is 0 Å². The van der Waals surface area contributed by atoms with Gasteiger partial charge in [0.15, 0.2) is 12.4 Å². The second-order valence-electron chi connectivity index (χ2n) is 6.13. The molecule has 9 heteroatoms. The Morgan fingerprint density at radius 1 is 1.15 bits per heavy atom. The molecule has 0 aliphatic carbocycles. The molecule has 1 heterocycles. The molecule has 1 aliphatic heterocycles. The summed E-state index contributed by atoms with van der Waals surface area (Å²) in [5.74, 6) is -1.74. The summed E-state index contributed by atoms with van der Waals surface area (Å²) < 4.78 is 10.5. The second-order valence-corrected chi connectivity index (χ2v) is 6.13. The molecule has 148 valence electrons. The van der Waals surface area contributed by atoms with E-state index in [4.69, 9.17) is 14.6 Å². The Hall–Kier alpha value is -2.49. The van der Waals surface area contributed by atoms with Crippen LogP contribution in [0, 0.1) is 0 Å². The second kappa shape index (κ2) is 10.6. The van der Waals surface area contributed by atoms with E-state index in [1.807, 2.05) is 0 Å². The molecule has 0 radical (unpaired) electrons. The highest BCUT2D eigenvalue weighted by Gasteiger charge is 2.22. The van der Waals surface area contributed by atoms with Crippen LogP contribution in [-0.4, -0.2) is 72.9 Å². The van der Waals surface area contributed by atoms with E-state index < -0.39 is 36.9 Å². The number of carboxylic acid groups (broad SMARTS) is 1. The monoisotopic (exact) mass is 380 g/mol. The smallest absolute Gasteiger partial charge is 0.341 e. The third-order valence-electron chi connectivity index (χ3n) is 4.07. The van der Waals surface area contributed by atoms with Gasteiger partial charge in [-0.2, -0.15) is 0 Å². The molecule has 1 atom stereocenters. The largest absolute Gasteiger partial charge is 0.482 e. The van der Waals surface area contributed by atoms with E-state index in [2.05, 4.69) is 10.6 Å². The number of ether oxygens (including phenoxy) is 2. The summed E-state index contributed by atoms with van der Waals surface area (Å²) in [6.07, 6.45) is 1.66. The molecule has 1 aromatic carbocycles. The van der Waals surface area contributed by atoms with E-state index in [-0.39, 0.29) is 18.3 Å². The van der Waals surface area contributed by atoms with Crippen molar-refractivity contribution in [1.29, 1.82) is 0 Å². The lowest BCUT2D eigenvalue weighted by atomic mass is 10.0. The van der Waals surface area contributed by atoms with Gasteiger partial charge in [-0.25, -0.2) is 4.79 Å². The van der Waals surface area contributed by atoms with Crippen LogP contribution in [-0.2, 0) is 14.3 Å². The van der Waals surface area contributed by atoms with E-state index in [0.29, 0.717) is 5.75 Å². The Balaban J connectivity index is 1.84. The number of carbonyl (C=O) groups is 3. The lowest BCUT2D eigenvalue weighted by Gasteiger charge is -2.23. The molecule has 0 bridgehead atoms. The van der Waals surface area contributed by atoms with Crippen molar-refractivity contribution in [3.8, 4) is 5.75 Å². The van der Waals surface area contributed by atoms with Gasteiger partial charge in [-0.3, -0.25) is 9.59 Å². The van der Waals surface area contributed by atoms with Crippen LogP contribution in [0.3, 0.4) is 0 Å². The summed E-state index contributed by atoms with van der Waals surface area (Å²) in [5, 5.41) is 23.7. The number of amides is 1. The van der Waals surface area contributed by atoms with Gasteiger partial charge in [-0.1, -0.05) is 0 Å². The molecule has 1 aromatic rings. The number of hydrogen-bond acceptors (Lipinski definition) is 7. The molecule has 1 unspecified atom stereocenters. The van der Waals surface area contributed by atoms with Gasteiger partial charge in [0.1, 0.15) is 18.4 Å². The number of rotatable bonds is 10. The SMILES string of the molecule is O=C(O)COc1ccc(C(=O)C(CO)NC(=O)COC2CCNCC2)cc1. The summed E-state index contributed by atoms with van der Waals surface area (Å²) in [6.45, 7) is 0.484. The number of aliphatic hydroxyl groups is 1. The van der Waals surface area contributed by atoms with Crippen LogP contribution >= 0.6 is 0 Å². The summed E-state index contributed by atoms with van der Waals surface area (Å²) in [4.78, 5) is 34.9. The summed E-state index contributed by atoms with van der Waals surface area (Å²) in [7, 11) is 0. The summed E-state index contributed by atoms with van der Waals surface area (Å²) >= 11 is 0. The van der Waals surface area contributed by atoms with Crippen molar-refractivity contribution in [2.45, 2.75) is 25.0 Å². The number of nitrogens with one attached hydrogen (secondary N) is 2. The molecule has 1 aliphatic rings. The number of carboxylic acids is 1. The maximum Gasteiger partial charge on any atom is 0.341 e. The van der Waals surface area contributed by atoms with Crippen molar-refractivity contribution in [3.63, 3.8) is 0 Å². The van der Waals surface area contributed by atoms with E-state index in [0.717, 1.165) is 25.9 Å². The quantitative estimate of drug-likeness (QED) is 0.402. The first-order valence-corrected chi connectivity index (χ1v) is 8.71. The molecule has 0 saturated carbocycles. The minimum Gasteiger partial charge on any atom is -0.482 e. The first kappa shape index (κ1) is 20.8. The van der Waals surface area contributed by atoms with Gasteiger partial charge >= 0.3 is 5.97 Å². The van der Waals surface area contributed by atoms with Crippen molar-refractivity contribution < 1.29 is 34.1 Å². The van der Waals surface area contributed by atoms with Gasteiger partial charge in [-0.15, -0.1) is 0 Å². The zero-order valence-corrected chi connectivity index (χ0v) is 14.8. The number of ketones is 1. The molecular formula is C18H24N2O7. The van der Waals surface area contributed by atoms with Gasteiger partial charge in [-0.05, 0) is 50.2 Å². The number of carbonyl (C=O) groups excluding carboxylic acids is 2. The number of hydrogen-bond donors (Lipinski definition) is 4. The Labute approximate surface area is 156 Å². The fraction of sp³-hybridized carbons (Fsp3) is 0.500. The fourth-order valence-electron chi connectivity index (χ4n) is 2.65. The summed E-state index contributed by atoms with van der Waals surface area (Å²) in [6, 6.07) is 4.71. The molecule has 1 fully saturated rings. The topological polar surface area (TPSA) is 134 Å². The molecule has 0 aromatic heterocycles. The van der Waals surface area contributed by atoms with Crippen LogP contribution in [0.15, 0.2) is 24.3 Å². The van der Waals surface area contributed by atoms with Gasteiger partial charge < -0.3 is 30.3 Å². The van der Waals surface area contributed by atoms with Crippen LogP contribution < -0.4 is 15.4 Å². The van der Waals surface area contributed by atoms with Gasteiger partial charge in [0.2, 0.25) is 5.91 Å². The van der Waals surface area contributed by atoms with Crippen molar-refractivity contribution in [2.24, 2.45) is 0 Å². The number of benzene rings is 1. The lowest BCUT2D eigenvalue weighted by Crippen LogP contribution is -2.45. The Kier molecular flexibility index (Phi) is 8.18. The molecule has 9 nitrogen and oxygen atoms in total. The first-order chi connectivity index (χ1) is 13.0. The first-order valence-electron chi connectivity index (χ1n) is 8.71. The van der Waals surface area contributed by atoms with E-state index in [1.165, 1.54) is 24.3 Å². The van der Waals surface area contributed by atoms with Gasteiger partial charge in [0.25, 0.3) is 0 Å². The van der Waals surface area contributed by atoms with Crippen LogP contribution in [0.5, 0.6) is 5.75 Å². The highest BCUT2D eigenvalue weighted by atomic mass is 16.5. The van der Waals surface area contributed by atoms with E-state index in [1.54, 1.807) is 0 Å². The highest BCUT2D eigenvalue weighted by Crippen LogP contribution is 2.14. The van der Waals surface area contributed by atoms with Crippen LogP contribution in [0.4, 0.5) is 0 Å². The van der Waals surface area contributed by atoms with Gasteiger partial charge in [0, 0.05) is 5.56 Å². The molecular weight excluding hydrogens is 356 g/mol. The van der Waals surface area contributed by atoms with Crippen molar-refractivity contribution in [2.75, 3.05) is 32.9 Å². The molecule has 4 N–H and O–H groups in total. The Morgan fingerprint density at radius 2 is 1.81 bits per heavy atom. The normalized spacial score (nSPS) is 15.7. The maximum atomic E-state index is 12.4. The predicted molar refractivity (Wildman–Crippen MR) is 94.8 cm³/mol. The molecule has 27 heavy (non-hydrogen) atoms. The number of aliphatic hydroxyl groups excluding tert-OH is 1. The van der Waals surface area contributed by atoms with Crippen molar-refractivity contribution >= 4 is 17.7 Å². The minimum absolute atomic E-state index is 0.0126. The maximum absolute atomic E-state index is 12.4. The van der Waals surface area contributed by atoms with Crippen LogP contribution in [0.25, 0.3) is 0 Å². The number of piperidine rings is 1. The average Bonchev–Trinajstić information content (AvgIpc) is 2.69. The van der Waals surface area contributed by atoms with Crippen LogP contribution in [0.1, 0.15) is 23.2 Å².